The molecule has 19 heavy (non-hydrogen) atoms. The van der Waals surface area contributed by atoms with Crippen LogP contribution in [0, 0.1) is 13.8 Å². The molecule has 2 heterocycles. The summed E-state index contributed by atoms with van der Waals surface area (Å²) < 4.78 is 7.55. The minimum absolute atomic E-state index is 0.159. The summed E-state index contributed by atoms with van der Waals surface area (Å²) in [5.41, 5.74) is 2.46. The number of furan rings is 1. The number of carbonyl (C=O) groups excluding carboxylic acids is 1. The van der Waals surface area contributed by atoms with Crippen LogP contribution >= 0.6 is 0 Å². The molecule has 0 aliphatic carbocycles. The Morgan fingerprint density at radius 3 is 2.63 bits per heavy atom. The maximum absolute atomic E-state index is 12.0. The fraction of sp³-hybridized carbons (Fsp3) is 0.571. The predicted molar refractivity (Wildman–Crippen MR) is 74.5 cm³/mol. The summed E-state index contributed by atoms with van der Waals surface area (Å²) in [5, 5.41) is 8.21. The molecule has 0 saturated heterocycles. The molecule has 104 valence electrons. The Morgan fingerprint density at radius 1 is 1.42 bits per heavy atom. The van der Waals surface area contributed by atoms with Gasteiger partial charge in [-0.1, -0.05) is 6.92 Å². The lowest BCUT2D eigenvalue weighted by Gasteiger charge is -2.07. The van der Waals surface area contributed by atoms with Crippen LogP contribution in [0.1, 0.15) is 55.0 Å². The highest BCUT2D eigenvalue weighted by Crippen LogP contribution is 2.29. The Morgan fingerprint density at radius 2 is 2.11 bits per heavy atom. The van der Waals surface area contributed by atoms with E-state index in [0.717, 1.165) is 23.1 Å². The molecule has 0 saturated carbocycles. The third-order valence-corrected chi connectivity index (χ3v) is 3.26. The number of aryl methyl sites for hydroxylation is 2. The van der Waals surface area contributed by atoms with Crippen molar-refractivity contribution in [3.63, 3.8) is 0 Å². The van der Waals surface area contributed by atoms with Gasteiger partial charge in [-0.15, -0.1) is 5.10 Å². The Labute approximate surface area is 113 Å². The zero-order chi connectivity index (χ0) is 14.2. The highest BCUT2D eigenvalue weighted by molar-refractivity contribution is 5.98. The van der Waals surface area contributed by atoms with E-state index < -0.39 is 0 Å². The fourth-order valence-corrected chi connectivity index (χ4v) is 2.32. The van der Waals surface area contributed by atoms with Gasteiger partial charge in [-0.3, -0.25) is 9.48 Å². The molecule has 0 spiro atoms. The molecule has 0 aliphatic rings. The van der Waals surface area contributed by atoms with E-state index in [1.807, 2.05) is 25.5 Å². The summed E-state index contributed by atoms with van der Waals surface area (Å²) >= 11 is 0. The van der Waals surface area contributed by atoms with Crippen molar-refractivity contribution in [1.29, 1.82) is 0 Å². The third-order valence-electron chi connectivity index (χ3n) is 3.26. The minimum atomic E-state index is -0.159. The van der Waals surface area contributed by atoms with Crippen LogP contribution in [0.4, 0.5) is 0 Å². The summed E-state index contributed by atoms with van der Waals surface area (Å²) in [6.07, 6.45) is 0.905. The van der Waals surface area contributed by atoms with E-state index in [1.165, 1.54) is 0 Å². The molecule has 1 amide bonds. The summed E-state index contributed by atoms with van der Waals surface area (Å²) in [5.74, 6) is 0.220. The average Bonchev–Trinajstić information content (AvgIpc) is 2.85. The second kappa shape index (κ2) is 5.07. The Bertz CT molecular complexity index is 608. The largest absolute Gasteiger partial charge is 0.431 e. The summed E-state index contributed by atoms with van der Waals surface area (Å²) in [7, 11) is 0. The highest BCUT2D eigenvalue weighted by Gasteiger charge is 2.22. The van der Waals surface area contributed by atoms with Gasteiger partial charge in [-0.2, -0.15) is 0 Å². The van der Waals surface area contributed by atoms with Gasteiger partial charge in [0.25, 0.3) is 5.91 Å². The number of aromatic nitrogens is 2. The zero-order valence-corrected chi connectivity index (χ0v) is 12.2. The monoisotopic (exact) mass is 263 g/mol. The molecule has 5 heteroatoms. The van der Waals surface area contributed by atoms with Gasteiger partial charge < -0.3 is 9.73 Å². The number of amides is 1. The number of rotatable bonds is 4. The molecule has 0 fully saturated rings. The molecule has 1 N–H and O–H groups in total. The Balaban J connectivity index is 2.45. The molecular weight excluding hydrogens is 242 g/mol. The predicted octanol–water partition coefficient (Wildman–Crippen LogP) is 2.97. The topological polar surface area (TPSA) is 60.1 Å². The second-order valence-corrected chi connectivity index (χ2v) is 5.12. The summed E-state index contributed by atoms with van der Waals surface area (Å²) in [4.78, 5) is 12.0. The van der Waals surface area contributed by atoms with E-state index in [9.17, 15) is 4.79 Å². The van der Waals surface area contributed by atoms with E-state index in [-0.39, 0.29) is 11.9 Å². The van der Waals surface area contributed by atoms with Crippen molar-refractivity contribution in [2.24, 2.45) is 0 Å². The van der Waals surface area contributed by atoms with Gasteiger partial charge in [-0.25, -0.2) is 0 Å². The number of nitrogens with zero attached hydrogens (tertiary/aromatic N) is 2. The fourth-order valence-electron chi connectivity index (χ4n) is 2.32. The maximum Gasteiger partial charge on any atom is 0.287 e. The van der Waals surface area contributed by atoms with Gasteiger partial charge in [-0.05, 0) is 34.1 Å². The molecule has 0 radical (unpaired) electrons. The van der Waals surface area contributed by atoms with E-state index in [2.05, 4.69) is 24.3 Å². The average molecular weight is 263 g/mol. The first-order valence-corrected chi connectivity index (χ1v) is 6.73. The van der Waals surface area contributed by atoms with Crippen molar-refractivity contribution in [3.8, 4) is 0 Å². The molecule has 0 aliphatic heterocycles. The number of carbonyl (C=O) groups is 1. The van der Waals surface area contributed by atoms with Gasteiger partial charge in [0, 0.05) is 23.8 Å². The van der Waals surface area contributed by atoms with E-state index in [0.29, 0.717) is 18.0 Å². The minimum Gasteiger partial charge on any atom is -0.431 e. The van der Waals surface area contributed by atoms with Crippen LogP contribution in [0.15, 0.2) is 4.42 Å². The molecule has 0 unspecified atom stereocenters. The molecule has 2 rings (SSSR count). The SMILES string of the molecule is CCCNC(=O)c1oc2nn(C(C)C)c(C)c2c1C. The normalized spacial score (nSPS) is 11.5. The van der Waals surface area contributed by atoms with Gasteiger partial charge in [0.2, 0.25) is 5.71 Å². The quantitative estimate of drug-likeness (QED) is 0.922. The standard InChI is InChI=1S/C14H21N3O2/c1-6-7-15-13(18)12-9(4)11-10(5)17(8(2)3)16-14(11)19-12/h8H,6-7H2,1-5H3,(H,15,18). The molecule has 2 aromatic rings. The first kappa shape index (κ1) is 13.6. The first-order valence-electron chi connectivity index (χ1n) is 6.73. The summed E-state index contributed by atoms with van der Waals surface area (Å²) in [6, 6.07) is 0.277. The van der Waals surface area contributed by atoms with Crippen LogP contribution in [0.25, 0.3) is 11.1 Å². The first-order chi connectivity index (χ1) is 8.97. The van der Waals surface area contributed by atoms with Crippen molar-refractivity contribution in [1.82, 2.24) is 15.1 Å². The second-order valence-electron chi connectivity index (χ2n) is 5.12. The number of nitrogens with one attached hydrogen (secondary N) is 1. The Kier molecular flexibility index (Phi) is 3.64. The third kappa shape index (κ3) is 2.25. The van der Waals surface area contributed by atoms with Gasteiger partial charge in [0.15, 0.2) is 5.76 Å². The van der Waals surface area contributed by atoms with Crippen LogP contribution in [-0.2, 0) is 0 Å². The molecule has 2 aromatic heterocycles. The Hall–Kier alpha value is -1.78. The van der Waals surface area contributed by atoms with Crippen molar-refractivity contribution >= 4 is 17.0 Å². The lowest BCUT2D eigenvalue weighted by atomic mass is 10.1. The van der Waals surface area contributed by atoms with Crippen molar-refractivity contribution in [2.45, 2.75) is 47.1 Å². The van der Waals surface area contributed by atoms with Gasteiger partial charge in [0.05, 0.1) is 5.39 Å². The van der Waals surface area contributed by atoms with Crippen LogP contribution in [-0.4, -0.2) is 22.2 Å². The highest BCUT2D eigenvalue weighted by atomic mass is 16.4. The van der Waals surface area contributed by atoms with Crippen molar-refractivity contribution in [3.05, 3.63) is 17.0 Å². The van der Waals surface area contributed by atoms with Gasteiger partial charge >= 0.3 is 0 Å². The van der Waals surface area contributed by atoms with Crippen molar-refractivity contribution < 1.29 is 9.21 Å². The molecular formula is C14H21N3O2. The maximum atomic E-state index is 12.0. The molecule has 0 bridgehead atoms. The molecule has 0 aromatic carbocycles. The lowest BCUT2D eigenvalue weighted by molar-refractivity contribution is 0.0927. The summed E-state index contributed by atoms with van der Waals surface area (Å²) in [6.45, 7) is 10.7. The molecule has 5 nitrogen and oxygen atoms in total. The van der Waals surface area contributed by atoms with E-state index >= 15 is 0 Å². The zero-order valence-electron chi connectivity index (χ0n) is 12.2. The molecule has 0 atom stereocenters. The van der Waals surface area contributed by atoms with E-state index in [4.69, 9.17) is 4.42 Å². The van der Waals surface area contributed by atoms with Gasteiger partial charge in [0.1, 0.15) is 0 Å². The van der Waals surface area contributed by atoms with E-state index in [1.54, 1.807) is 0 Å². The number of hydrogen-bond donors (Lipinski definition) is 1. The van der Waals surface area contributed by atoms with Crippen LogP contribution in [0.2, 0.25) is 0 Å². The van der Waals surface area contributed by atoms with Crippen LogP contribution in [0.5, 0.6) is 0 Å². The van der Waals surface area contributed by atoms with Crippen molar-refractivity contribution in [2.75, 3.05) is 6.54 Å². The van der Waals surface area contributed by atoms with Crippen LogP contribution in [0.3, 0.4) is 0 Å². The lowest BCUT2D eigenvalue weighted by Crippen LogP contribution is -2.24. The van der Waals surface area contributed by atoms with Crippen LogP contribution < -0.4 is 5.32 Å². The smallest absolute Gasteiger partial charge is 0.287 e. The number of hydrogen-bond acceptors (Lipinski definition) is 3. The number of fused-ring (bicyclic) bond motifs is 1.